The Morgan fingerprint density at radius 2 is 2.45 bits per heavy atom. The number of thioether (sulfide) groups is 1. The van der Waals surface area contributed by atoms with Crippen molar-refractivity contribution in [2.24, 2.45) is 0 Å². The number of rotatable bonds is 4. The van der Waals surface area contributed by atoms with Crippen LogP contribution in [0.3, 0.4) is 0 Å². The van der Waals surface area contributed by atoms with E-state index in [9.17, 15) is 4.79 Å². The Bertz CT molecular complexity index is 568. The fourth-order valence-electron chi connectivity index (χ4n) is 2.08. The molecule has 0 unspecified atom stereocenters. The van der Waals surface area contributed by atoms with Crippen LogP contribution in [0.2, 0.25) is 0 Å². The molecule has 8 heteroatoms. The molecule has 1 N–H and O–H groups in total. The second-order valence-electron chi connectivity index (χ2n) is 4.59. The van der Waals surface area contributed by atoms with Crippen LogP contribution in [-0.4, -0.2) is 37.9 Å². The van der Waals surface area contributed by atoms with Crippen LogP contribution in [0.1, 0.15) is 25.0 Å². The first-order valence-corrected chi connectivity index (χ1v) is 7.44. The van der Waals surface area contributed by atoms with Gasteiger partial charge in [0.25, 0.3) is 0 Å². The van der Waals surface area contributed by atoms with Gasteiger partial charge in [-0.05, 0) is 35.4 Å². The molecule has 1 fully saturated rings. The molecule has 3 heterocycles. The maximum absolute atomic E-state index is 11.9. The first-order valence-electron chi connectivity index (χ1n) is 6.56. The number of hydrogen-bond donors (Lipinski definition) is 1. The highest BCUT2D eigenvalue weighted by molar-refractivity contribution is 8.00. The van der Waals surface area contributed by atoms with Crippen LogP contribution in [0.25, 0.3) is 0 Å². The van der Waals surface area contributed by atoms with E-state index in [2.05, 4.69) is 20.8 Å². The molecule has 1 aliphatic heterocycles. The summed E-state index contributed by atoms with van der Waals surface area (Å²) < 4.78 is 6.94. The highest BCUT2D eigenvalue weighted by atomic mass is 32.2. The molecule has 3 rings (SSSR count). The number of carbonyl (C=O) groups excluding carboxylic acids is 1. The van der Waals surface area contributed by atoms with Crippen LogP contribution < -0.4 is 5.32 Å². The van der Waals surface area contributed by atoms with Gasteiger partial charge < -0.3 is 9.73 Å². The number of carbonyl (C=O) groups is 1. The monoisotopic (exact) mass is 293 g/mol. The average Bonchev–Trinajstić information content (AvgIpc) is 3.05. The highest BCUT2D eigenvalue weighted by Crippen LogP contribution is 2.26. The molecule has 2 aromatic rings. The Morgan fingerprint density at radius 1 is 1.50 bits per heavy atom. The fourth-order valence-corrected chi connectivity index (χ4v) is 3.12. The second kappa shape index (κ2) is 6.08. The molecule has 0 aliphatic carbocycles. The number of nitrogens with zero attached hydrogens (tertiary/aromatic N) is 4. The number of tetrazole rings is 1. The summed E-state index contributed by atoms with van der Waals surface area (Å²) in [6.45, 7) is 1.23. The van der Waals surface area contributed by atoms with Crippen LogP contribution in [0.15, 0.2) is 28.0 Å². The van der Waals surface area contributed by atoms with Crippen molar-refractivity contribution in [2.75, 3.05) is 6.54 Å². The molecule has 106 valence electrons. The molecule has 7 nitrogen and oxygen atoms in total. The van der Waals surface area contributed by atoms with Gasteiger partial charge in [-0.3, -0.25) is 4.79 Å². The van der Waals surface area contributed by atoms with Crippen molar-refractivity contribution >= 4 is 17.7 Å². The maximum Gasteiger partial charge on any atom is 0.233 e. The fraction of sp³-hybridized carbons (Fsp3) is 0.500. The third-order valence-corrected chi connectivity index (χ3v) is 4.35. The molecule has 20 heavy (non-hydrogen) atoms. The lowest BCUT2D eigenvalue weighted by Gasteiger charge is -2.11. The summed E-state index contributed by atoms with van der Waals surface area (Å²) in [6, 6.07) is 3.69. The summed E-state index contributed by atoms with van der Waals surface area (Å²) in [7, 11) is 0. The zero-order valence-electron chi connectivity index (χ0n) is 10.9. The molecule has 0 bridgehead atoms. The van der Waals surface area contributed by atoms with Crippen LogP contribution >= 0.6 is 11.8 Å². The number of hydrogen-bond acceptors (Lipinski definition) is 6. The molecular formula is C12H15N5O2S. The zero-order chi connectivity index (χ0) is 13.8. The van der Waals surface area contributed by atoms with E-state index >= 15 is 0 Å². The second-order valence-corrected chi connectivity index (χ2v) is 5.76. The Morgan fingerprint density at radius 3 is 3.30 bits per heavy atom. The lowest BCUT2D eigenvalue weighted by Crippen LogP contribution is -2.30. The van der Waals surface area contributed by atoms with Crippen molar-refractivity contribution in [2.45, 2.75) is 36.2 Å². The molecule has 0 aromatic carbocycles. The van der Waals surface area contributed by atoms with Crippen molar-refractivity contribution in [3.8, 4) is 0 Å². The molecule has 1 saturated heterocycles. The van der Waals surface area contributed by atoms with E-state index in [1.54, 1.807) is 10.9 Å². The van der Waals surface area contributed by atoms with Crippen molar-refractivity contribution in [1.29, 1.82) is 0 Å². The van der Waals surface area contributed by atoms with Gasteiger partial charge in [-0.1, -0.05) is 18.2 Å². The van der Waals surface area contributed by atoms with E-state index in [1.165, 1.54) is 11.8 Å². The lowest BCUT2D eigenvalue weighted by atomic mass is 10.2. The molecule has 0 saturated carbocycles. The maximum atomic E-state index is 11.9. The van der Waals surface area contributed by atoms with Gasteiger partial charge in [0.1, 0.15) is 12.3 Å². The SMILES string of the molecule is O=C1NCCCC[C@H]1Sc1nnnn1Cc1ccco1. The highest BCUT2D eigenvalue weighted by Gasteiger charge is 2.24. The number of aromatic nitrogens is 4. The molecule has 2 aromatic heterocycles. The number of amides is 1. The molecule has 0 spiro atoms. The van der Waals surface area contributed by atoms with Gasteiger partial charge in [-0.25, -0.2) is 4.68 Å². The van der Waals surface area contributed by atoms with E-state index in [-0.39, 0.29) is 11.2 Å². The minimum atomic E-state index is -0.126. The number of nitrogens with one attached hydrogen (secondary N) is 1. The molecular weight excluding hydrogens is 278 g/mol. The quantitative estimate of drug-likeness (QED) is 0.907. The van der Waals surface area contributed by atoms with E-state index < -0.39 is 0 Å². The van der Waals surface area contributed by atoms with E-state index in [4.69, 9.17) is 4.42 Å². The Hall–Kier alpha value is -1.83. The van der Waals surface area contributed by atoms with Gasteiger partial charge in [0.2, 0.25) is 11.1 Å². The van der Waals surface area contributed by atoms with E-state index in [1.807, 2.05) is 12.1 Å². The summed E-state index contributed by atoms with van der Waals surface area (Å²) in [5.41, 5.74) is 0. The molecule has 1 atom stereocenters. The van der Waals surface area contributed by atoms with Crippen molar-refractivity contribution in [1.82, 2.24) is 25.5 Å². The number of furan rings is 1. The van der Waals surface area contributed by atoms with Crippen molar-refractivity contribution < 1.29 is 9.21 Å². The minimum Gasteiger partial charge on any atom is -0.467 e. The smallest absolute Gasteiger partial charge is 0.233 e. The van der Waals surface area contributed by atoms with E-state index in [0.717, 1.165) is 31.6 Å². The van der Waals surface area contributed by atoms with Gasteiger partial charge in [0, 0.05) is 6.54 Å². The minimum absolute atomic E-state index is 0.0695. The van der Waals surface area contributed by atoms with Crippen LogP contribution in [-0.2, 0) is 11.3 Å². The summed E-state index contributed by atoms with van der Waals surface area (Å²) >= 11 is 1.41. The van der Waals surface area contributed by atoms with E-state index in [0.29, 0.717) is 11.7 Å². The molecule has 0 radical (unpaired) electrons. The normalized spacial score (nSPS) is 19.6. The van der Waals surface area contributed by atoms with Crippen LogP contribution in [0, 0.1) is 0 Å². The van der Waals surface area contributed by atoms with Gasteiger partial charge >= 0.3 is 0 Å². The first kappa shape index (κ1) is 13.2. The first-order chi connectivity index (χ1) is 9.83. The van der Waals surface area contributed by atoms with Gasteiger partial charge in [0.05, 0.1) is 11.5 Å². The largest absolute Gasteiger partial charge is 0.467 e. The van der Waals surface area contributed by atoms with Crippen LogP contribution in [0.5, 0.6) is 0 Å². The van der Waals surface area contributed by atoms with Gasteiger partial charge in [-0.2, -0.15) is 0 Å². The predicted molar refractivity (Wildman–Crippen MR) is 72.1 cm³/mol. The lowest BCUT2D eigenvalue weighted by molar-refractivity contribution is -0.120. The average molecular weight is 293 g/mol. The summed E-state index contributed by atoms with van der Waals surface area (Å²) in [6.07, 6.45) is 4.53. The van der Waals surface area contributed by atoms with Crippen LogP contribution in [0.4, 0.5) is 0 Å². The topological polar surface area (TPSA) is 85.8 Å². The Kier molecular flexibility index (Phi) is 4.00. The summed E-state index contributed by atoms with van der Waals surface area (Å²) in [5.74, 6) is 0.851. The summed E-state index contributed by atoms with van der Waals surface area (Å²) in [5, 5.41) is 15.1. The van der Waals surface area contributed by atoms with Gasteiger partial charge in [-0.15, -0.1) is 5.10 Å². The predicted octanol–water partition coefficient (Wildman–Crippen LogP) is 1.08. The Balaban J connectivity index is 1.71. The molecule has 1 aliphatic rings. The standard InChI is InChI=1S/C12H15N5O2S/c18-11-10(5-1-2-6-13-11)20-12-14-15-16-17(12)8-9-4-3-7-19-9/h3-4,7,10H,1-2,5-6,8H2,(H,13,18)/t10-/m1/s1. The third-order valence-electron chi connectivity index (χ3n) is 3.12. The van der Waals surface area contributed by atoms with Gasteiger partial charge in [0.15, 0.2) is 0 Å². The zero-order valence-corrected chi connectivity index (χ0v) is 11.7. The van der Waals surface area contributed by atoms with Crippen molar-refractivity contribution in [3.05, 3.63) is 24.2 Å². The Labute approximate surface area is 120 Å². The summed E-state index contributed by atoms with van der Waals surface area (Å²) in [4.78, 5) is 11.9. The molecule has 1 amide bonds. The third kappa shape index (κ3) is 3.01. The van der Waals surface area contributed by atoms with Crippen molar-refractivity contribution in [3.63, 3.8) is 0 Å².